The van der Waals surface area contributed by atoms with E-state index in [1.807, 2.05) is 6.07 Å². The lowest BCUT2D eigenvalue weighted by Crippen LogP contribution is -2.45. The van der Waals surface area contributed by atoms with Crippen LogP contribution < -0.4 is 5.73 Å². The van der Waals surface area contributed by atoms with Crippen LogP contribution >= 0.6 is 11.3 Å². The lowest BCUT2D eigenvalue weighted by molar-refractivity contribution is 0.0833. The van der Waals surface area contributed by atoms with Crippen LogP contribution in [0.15, 0.2) is 12.1 Å². The molecule has 1 aliphatic rings. The van der Waals surface area contributed by atoms with Crippen LogP contribution in [0, 0.1) is 0 Å². The smallest absolute Gasteiger partial charge is 0.265 e. The number of hydrogen-bond donors (Lipinski definition) is 1. The Morgan fingerprint density at radius 3 is 2.92 bits per heavy atom. The number of hydrogen-bond acceptors (Lipinski definition) is 6. The van der Waals surface area contributed by atoms with E-state index in [2.05, 4.69) is 17.9 Å². The Bertz CT molecular complexity index is 804. The van der Waals surface area contributed by atoms with Crippen molar-refractivity contribution in [3.8, 4) is 0 Å². The monoisotopic (exact) mass is 376 g/mol. The number of rotatable bonds is 5. The number of carbonyl (C=O) groups is 1. The minimum atomic E-state index is -0.0679. The summed E-state index contributed by atoms with van der Waals surface area (Å²) >= 11 is 1.39. The summed E-state index contributed by atoms with van der Waals surface area (Å²) in [5, 5.41) is 0.875. The number of fused-ring (bicyclic) bond motifs is 1. The van der Waals surface area contributed by atoms with Crippen molar-refractivity contribution in [1.29, 1.82) is 0 Å². The quantitative estimate of drug-likeness (QED) is 0.868. The van der Waals surface area contributed by atoms with Gasteiger partial charge in [-0.15, -0.1) is 11.3 Å². The second-order valence-electron chi connectivity index (χ2n) is 7.53. The molecule has 1 saturated heterocycles. The minimum Gasteiger partial charge on any atom is -0.397 e. The Kier molecular flexibility index (Phi) is 5.50. The zero-order valence-corrected chi connectivity index (χ0v) is 16.9. The van der Waals surface area contributed by atoms with Gasteiger partial charge in [-0.2, -0.15) is 0 Å². The highest BCUT2D eigenvalue weighted by Gasteiger charge is 2.34. The Hall–Kier alpha value is -1.70. The Morgan fingerprint density at radius 2 is 2.23 bits per heavy atom. The highest BCUT2D eigenvalue weighted by atomic mass is 32.1. The number of amides is 1. The maximum Gasteiger partial charge on any atom is 0.265 e. The van der Waals surface area contributed by atoms with Gasteiger partial charge >= 0.3 is 0 Å². The first-order valence-electron chi connectivity index (χ1n) is 8.98. The Balaban J connectivity index is 1.92. The van der Waals surface area contributed by atoms with E-state index in [1.54, 1.807) is 26.1 Å². The van der Waals surface area contributed by atoms with E-state index in [0.717, 1.165) is 55.0 Å². The van der Waals surface area contributed by atoms with Crippen molar-refractivity contribution in [2.75, 3.05) is 53.2 Å². The van der Waals surface area contributed by atoms with Gasteiger partial charge in [0.1, 0.15) is 9.71 Å². The molecule has 7 heteroatoms. The van der Waals surface area contributed by atoms with Crippen LogP contribution in [0.3, 0.4) is 0 Å². The molecule has 0 saturated carbocycles. The molecule has 2 aromatic heterocycles. The zero-order valence-electron chi connectivity index (χ0n) is 16.0. The number of thiophene rings is 1. The number of nitrogen functional groups attached to an aromatic ring is 1. The first-order chi connectivity index (χ1) is 12.4. The number of nitrogens with zero attached hydrogens (tertiary/aromatic N) is 3. The van der Waals surface area contributed by atoms with Gasteiger partial charge in [-0.05, 0) is 31.5 Å². The summed E-state index contributed by atoms with van der Waals surface area (Å²) in [7, 11) is 5.22. The Morgan fingerprint density at radius 1 is 1.46 bits per heavy atom. The van der Waals surface area contributed by atoms with Gasteiger partial charge in [0.15, 0.2) is 0 Å². The second kappa shape index (κ2) is 7.50. The van der Waals surface area contributed by atoms with Crippen LogP contribution in [-0.4, -0.2) is 68.1 Å². The molecule has 1 aliphatic heterocycles. The van der Waals surface area contributed by atoms with Gasteiger partial charge in [-0.3, -0.25) is 4.79 Å². The van der Waals surface area contributed by atoms with E-state index in [0.29, 0.717) is 10.6 Å². The summed E-state index contributed by atoms with van der Waals surface area (Å²) in [4.78, 5) is 22.7. The molecule has 3 heterocycles. The molecule has 0 bridgehead atoms. The molecule has 0 aromatic carbocycles. The summed E-state index contributed by atoms with van der Waals surface area (Å²) in [5.74, 6) is -0.0679. The van der Waals surface area contributed by atoms with Crippen LogP contribution in [0.25, 0.3) is 10.2 Å². The molecule has 1 amide bonds. The van der Waals surface area contributed by atoms with Crippen molar-refractivity contribution in [3.63, 3.8) is 0 Å². The molecule has 0 spiro atoms. The third-order valence-electron chi connectivity index (χ3n) is 5.20. The van der Waals surface area contributed by atoms with Gasteiger partial charge in [-0.25, -0.2) is 4.98 Å². The van der Waals surface area contributed by atoms with Crippen molar-refractivity contribution in [2.45, 2.75) is 25.2 Å². The minimum absolute atomic E-state index is 0.00462. The van der Waals surface area contributed by atoms with E-state index < -0.39 is 0 Å². The van der Waals surface area contributed by atoms with Crippen LogP contribution in [0.4, 0.5) is 5.69 Å². The van der Waals surface area contributed by atoms with Crippen LogP contribution in [0.2, 0.25) is 0 Å². The second-order valence-corrected chi connectivity index (χ2v) is 8.53. The summed E-state index contributed by atoms with van der Waals surface area (Å²) in [6.07, 6.45) is 2.26. The molecule has 2 aromatic rings. The molecule has 3 rings (SSSR count). The Labute approximate surface area is 158 Å². The molecule has 26 heavy (non-hydrogen) atoms. The highest BCUT2D eigenvalue weighted by molar-refractivity contribution is 7.21. The molecule has 0 radical (unpaired) electrons. The lowest BCUT2D eigenvalue weighted by atomic mass is 9.78. The standard InChI is InChI=1S/C19H28N4O2S/c1-19(8-5-9-23(12-19)10-11-25-4)14-7-6-13-15(20)16(18(24)22(2)3)26-17(13)21-14/h6-7H,5,8-12,20H2,1-4H3/t19-/m0/s1. The SMILES string of the molecule is COCCN1CCC[C@](C)(c2ccc3c(N)c(C(=O)N(C)C)sc3n2)C1. The maximum absolute atomic E-state index is 12.3. The summed E-state index contributed by atoms with van der Waals surface area (Å²) in [6, 6.07) is 4.10. The number of methoxy groups -OCH3 is 1. The number of piperidine rings is 1. The number of likely N-dealkylation sites (tertiary alicyclic amines) is 1. The van der Waals surface area contributed by atoms with Crippen molar-refractivity contribution in [2.24, 2.45) is 0 Å². The number of anilines is 1. The third kappa shape index (κ3) is 3.56. The van der Waals surface area contributed by atoms with Crippen LogP contribution in [0.5, 0.6) is 0 Å². The van der Waals surface area contributed by atoms with Gasteiger partial charge in [-0.1, -0.05) is 6.92 Å². The first kappa shape index (κ1) is 19.1. The molecule has 142 valence electrons. The lowest BCUT2D eigenvalue weighted by Gasteiger charge is -2.40. The average molecular weight is 377 g/mol. The number of ether oxygens (including phenoxy) is 1. The number of aromatic nitrogens is 1. The first-order valence-corrected chi connectivity index (χ1v) is 9.80. The molecule has 1 atom stereocenters. The van der Waals surface area contributed by atoms with E-state index >= 15 is 0 Å². The fourth-order valence-electron chi connectivity index (χ4n) is 3.66. The van der Waals surface area contributed by atoms with Crippen molar-refractivity contribution >= 4 is 33.1 Å². The van der Waals surface area contributed by atoms with E-state index in [9.17, 15) is 4.79 Å². The van der Waals surface area contributed by atoms with E-state index in [1.165, 1.54) is 11.3 Å². The fourth-order valence-corrected chi connectivity index (χ4v) is 4.78. The predicted octanol–water partition coefficient (Wildman–Crippen LogP) is 2.58. The normalized spacial score (nSPS) is 21.2. The fraction of sp³-hybridized carbons (Fsp3) is 0.579. The van der Waals surface area contributed by atoms with Crippen molar-refractivity contribution in [3.05, 3.63) is 22.7 Å². The van der Waals surface area contributed by atoms with Gasteiger partial charge in [0.05, 0.1) is 12.3 Å². The molecular weight excluding hydrogens is 348 g/mol. The van der Waals surface area contributed by atoms with Gasteiger partial charge in [0, 0.05) is 50.8 Å². The summed E-state index contributed by atoms with van der Waals surface area (Å²) < 4.78 is 5.23. The van der Waals surface area contributed by atoms with Crippen LogP contribution in [0.1, 0.15) is 35.1 Å². The number of carbonyl (C=O) groups excluding carboxylic acids is 1. The molecular formula is C19H28N4O2S. The van der Waals surface area contributed by atoms with E-state index in [-0.39, 0.29) is 11.3 Å². The molecule has 0 aliphatic carbocycles. The third-order valence-corrected chi connectivity index (χ3v) is 6.30. The number of nitrogens with two attached hydrogens (primary N) is 1. The molecule has 6 nitrogen and oxygen atoms in total. The summed E-state index contributed by atoms with van der Waals surface area (Å²) in [5.41, 5.74) is 7.84. The summed E-state index contributed by atoms with van der Waals surface area (Å²) in [6.45, 7) is 6.05. The van der Waals surface area contributed by atoms with Crippen molar-refractivity contribution in [1.82, 2.24) is 14.8 Å². The molecule has 2 N–H and O–H groups in total. The predicted molar refractivity (Wildman–Crippen MR) is 107 cm³/mol. The molecule has 1 fully saturated rings. The maximum atomic E-state index is 12.3. The van der Waals surface area contributed by atoms with Gasteiger partial charge < -0.3 is 20.3 Å². The topological polar surface area (TPSA) is 71.7 Å². The highest BCUT2D eigenvalue weighted by Crippen LogP contribution is 2.37. The van der Waals surface area contributed by atoms with E-state index in [4.69, 9.17) is 15.5 Å². The zero-order chi connectivity index (χ0) is 18.9. The van der Waals surface area contributed by atoms with Crippen molar-refractivity contribution < 1.29 is 9.53 Å². The average Bonchev–Trinajstić information content (AvgIpc) is 2.95. The largest absolute Gasteiger partial charge is 0.397 e. The van der Waals surface area contributed by atoms with Gasteiger partial charge in [0.2, 0.25) is 0 Å². The van der Waals surface area contributed by atoms with Gasteiger partial charge in [0.25, 0.3) is 5.91 Å². The number of pyridine rings is 1. The molecule has 0 unspecified atom stereocenters. The van der Waals surface area contributed by atoms with Crippen LogP contribution in [-0.2, 0) is 10.2 Å².